The number of nitrogens with one attached hydrogen (secondary N) is 1. The van der Waals surface area contributed by atoms with Crippen LogP contribution < -0.4 is 5.32 Å². The molecule has 0 bridgehead atoms. The molecule has 1 rings (SSSR count). The molecule has 7 heteroatoms. The molecule has 0 radical (unpaired) electrons. The van der Waals surface area contributed by atoms with Crippen molar-refractivity contribution < 1.29 is 18.0 Å². The first-order valence-corrected chi connectivity index (χ1v) is 7.93. The molecule has 0 aliphatic heterocycles. The normalized spacial score (nSPS) is 13.0. The maximum Gasteiger partial charge on any atom is 0.242 e. The molecule has 0 heterocycles. The summed E-state index contributed by atoms with van der Waals surface area (Å²) in [5, 5.41) is 2.48. The van der Waals surface area contributed by atoms with Gasteiger partial charge in [-0.05, 0) is 19.1 Å². The second-order valence-electron chi connectivity index (χ2n) is 4.88. The minimum absolute atomic E-state index is 0.0798. The van der Waals surface area contributed by atoms with Crippen molar-refractivity contribution in [3.63, 3.8) is 0 Å². The Kier molecular flexibility index (Phi) is 5.62. The largest absolute Gasteiger partial charge is 0.359 e. The van der Waals surface area contributed by atoms with Gasteiger partial charge in [0, 0.05) is 32.1 Å². The molecule has 0 aliphatic rings. The highest BCUT2D eigenvalue weighted by atomic mass is 32.2. The van der Waals surface area contributed by atoms with Gasteiger partial charge in [0.05, 0.1) is 4.90 Å². The zero-order valence-electron chi connectivity index (χ0n) is 12.6. The van der Waals surface area contributed by atoms with Crippen molar-refractivity contribution in [2.45, 2.75) is 18.7 Å². The van der Waals surface area contributed by atoms with E-state index in [4.69, 9.17) is 0 Å². The van der Waals surface area contributed by atoms with Gasteiger partial charge >= 0.3 is 0 Å². The lowest BCUT2D eigenvalue weighted by Gasteiger charge is -2.20. The number of sulfonamides is 1. The van der Waals surface area contributed by atoms with Gasteiger partial charge < -0.3 is 5.32 Å². The van der Waals surface area contributed by atoms with Crippen molar-refractivity contribution >= 4 is 21.7 Å². The predicted molar refractivity (Wildman–Crippen MR) is 79.5 cm³/mol. The van der Waals surface area contributed by atoms with E-state index in [0.717, 1.165) is 4.31 Å². The molecule has 1 atom stereocenters. The van der Waals surface area contributed by atoms with Crippen molar-refractivity contribution in [3.05, 3.63) is 29.8 Å². The lowest BCUT2D eigenvalue weighted by Crippen LogP contribution is -2.37. The van der Waals surface area contributed by atoms with Crippen LogP contribution in [0.1, 0.15) is 24.2 Å². The Morgan fingerprint density at radius 1 is 1.24 bits per heavy atom. The van der Waals surface area contributed by atoms with Crippen LogP contribution in [0.3, 0.4) is 0 Å². The smallest absolute Gasteiger partial charge is 0.242 e. The molecule has 0 aromatic heterocycles. The molecule has 0 saturated carbocycles. The van der Waals surface area contributed by atoms with Gasteiger partial charge in [0.2, 0.25) is 15.9 Å². The highest BCUT2D eigenvalue weighted by molar-refractivity contribution is 7.89. The molecule has 1 amide bonds. The van der Waals surface area contributed by atoms with Crippen LogP contribution in [-0.2, 0) is 14.8 Å². The highest BCUT2D eigenvalue weighted by Gasteiger charge is 2.24. The second-order valence-corrected chi connectivity index (χ2v) is 6.93. The van der Waals surface area contributed by atoms with Gasteiger partial charge in [0.15, 0.2) is 5.78 Å². The zero-order valence-corrected chi connectivity index (χ0v) is 13.4. The van der Waals surface area contributed by atoms with E-state index in [0.29, 0.717) is 5.56 Å². The molecule has 21 heavy (non-hydrogen) atoms. The standard InChI is InChI=1S/C14H20N2O4S/c1-10(14(18)15-3)9-16(4)21(19,20)13-7-5-12(6-8-13)11(2)17/h5-8,10H,9H2,1-4H3,(H,15,18). The summed E-state index contributed by atoms with van der Waals surface area (Å²) in [7, 11) is -0.744. The average molecular weight is 312 g/mol. The summed E-state index contributed by atoms with van der Waals surface area (Å²) in [5.74, 6) is -0.796. The molecule has 6 nitrogen and oxygen atoms in total. The predicted octanol–water partition coefficient (Wildman–Crippen LogP) is 0.892. The molecule has 1 N–H and O–H groups in total. The van der Waals surface area contributed by atoms with Gasteiger partial charge in [-0.2, -0.15) is 0 Å². The molecule has 0 saturated heterocycles. The van der Waals surface area contributed by atoms with Crippen LogP contribution in [0.2, 0.25) is 0 Å². The first-order chi connectivity index (χ1) is 9.70. The molecule has 0 spiro atoms. The number of nitrogens with zero attached hydrogens (tertiary/aromatic N) is 1. The number of rotatable bonds is 6. The summed E-state index contributed by atoms with van der Waals surface area (Å²) in [6.07, 6.45) is 0. The fourth-order valence-corrected chi connectivity index (χ4v) is 3.11. The van der Waals surface area contributed by atoms with Crippen molar-refractivity contribution in [1.29, 1.82) is 0 Å². The van der Waals surface area contributed by atoms with Gasteiger partial charge in [-0.15, -0.1) is 0 Å². The third-order valence-corrected chi connectivity index (χ3v) is 5.03. The number of amides is 1. The van der Waals surface area contributed by atoms with Crippen LogP contribution in [0.5, 0.6) is 0 Å². The van der Waals surface area contributed by atoms with E-state index in [2.05, 4.69) is 5.32 Å². The van der Waals surface area contributed by atoms with E-state index >= 15 is 0 Å². The summed E-state index contributed by atoms with van der Waals surface area (Å²) in [5.41, 5.74) is 0.454. The summed E-state index contributed by atoms with van der Waals surface area (Å²) in [6, 6.07) is 5.75. The Hall–Kier alpha value is -1.73. The lowest BCUT2D eigenvalue weighted by atomic mass is 10.2. The van der Waals surface area contributed by atoms with E-state index in [1.54, 1.807) is 6.92 Å². The highest BCUT2D eigenvalue weighted by Crippen LogP contribution is 2.16. The van der Waals surface area contributed by atoms with Crippen LogP contribution in [-0.4, -0.2) is 45.1 Å². The molecular weight excluding hydrogens is 292 g/mol. The fraction of sp³-hybridized carbons (Fsp3) is 0.429. The summed E-state index contributed by atoms with van der Waals surface area (Å²) in [4.78, 5) is 22.7. The monoisotopic (exact) mass is 312 g/mol. The van der Waals surface area contributed by atoms with Gasteiger partial charge in [-0.1, -0.05) is 19.1 Å². The Labute approximate surface area is 125 Å². The van der Waals surface area contributed by atoms with E-state index < -0.39 is 15.9 Å². The van der Waals surface area contributed by atoms with Crippen molar-refractivity contribution in [2.75, 3.05) is 20.6 Å². The van der Waals surface area contributed by atoms with E-state index in [-0.39, 0.29) is 23.1 Å². The second kappa shape index (κ2) is 6.82. The Morgan fingerprint density at radius 2 is 1.76 bits per heavy atom. The van der Waals surface area contributed by atoms with Crippen molar-refractivity contribution in [2.24, 2.45) is 5.92 Å². The molecule has 0 aliphatic carbocycles. The first kappa shape index (κ1) is 17.3. The SMILES string of the molecule is CNC(=O)C(C)CN(C)S(=O)(=O)c1ccc(C(C)=O)cc1. The van der Waals surface area contributed by atoms with Crippen molar-refractivity contribution in [3.8, 4) is 0 Å². The first-order valence-electron chi connectivity index (χ1n) is 6.49. The number of benzene rings is 1. The number of carbonyl (C=O) groups is 2. The summed E-state index contributed by atoms with van der Waals surface area (Å²) >= 11 is 0. The van der Waals surface area contributed by atoms with Gasteiger partial charge in [0.1, 0.15) is 0 Å². The molecule has 1 aromatic carbocycles. The molecule has 116 valence electrons. The minimum Gasteiger partial charge on any atom is -0.359 e. The van der Waals surface area contributed by atoms with Gasteiger partial charge in [-0.25, -0.2) is 12.7 Å². The summed E-state index contributed by atoms with van der Waals surface area (Å²) < 4.78 is 25.9. The van der Waals surface area contributed by atoms with Gasteiger partial charge in [-0.3, -0.25) is 9.59 Å². The minimum atomic E-state index is -3.68. The number of Topliss-reactive ketones (excluding diaryl/α,β-unsaturated/α-hetero) is 1. The van der Waals surface area contributed by atoms with Crippen LogP contribution in [0.25, 0.3) is 0 Å². The lowest BCUT2D eigenvalue weighted by molar-refractivity contribution is -0.124. The maximum atomic E-state index is 12.4. The number of ketones is 1. The van der Waals surface area contributed by atoms with Gasteiger partial charge in [0.25, 0.3) is 0 Å². The van der Waals surface area contributed by atoms with Crippen LogP contribution >= 0.6 is 0 Å². The molecule has 0 fully saturated rings. The number of hydrogen-bond acceptors (Lipinski definition) is 4. The van der Waals surface area contributed by atoms with Crippen LogP contribution in [0, 0.1) is 5.92 Å². The zero-order chi connectivity index (χ0) is 16.2. The molecule has 1 aromatic rings. The van der Waals surface area contributed by atoms with E-state index in [1.165, 1.54) is 45.3 Å². The average Bonchev–Trinajstić information content (AvgIpc) is 2.46. The van der Waals surface area contributed by atoms with E-state index in [9.17, 15) is 18.0 Å². The Morgan fingerprint density at radius 3 is 2.19 bits per heavy atom. The number of hydrogen-bond donors (Lipinski definition) is 1. The third kappa shape index (κ3) is 4.12. The maximum absolute atomic E-state index is 12.4. The van der Waals surface area contributed by atoms with E-state index in [1.807, 2.05) is 0 Å². The fourth-order valence-electron chi connectivity index (χ4n) is 1.85. The van der Waals surface area contributed by atoms with Crippen LogP contribution in [0.4, 0.5) is 0 Å². The Balaban J connectivity index is 2.94. The van der Waals surface area contributed by atoms with Crippen molar-refractivity contribution in [1.82, 2.24) is 9.62 Å². The topological polar surface area (TPSA) is 83.6 Å². The number of carbonyl (C=O) groups excluding carboxylic acids is 2. The molecular formula is C14H20N2O4S. The molecule has 1 unspecified atom stereocenters. The Bertz CT molecular complexity index is 623. The summed E-state index contributed by atoms with van der Waals surface area (Å²) in [6.45, 7) is 3.15. The third-order valence-electron chi connectivity index (χ3n) is 3.19. The van der Waals surface area contributed by atoms with Crippen LogP contribution in [0.15, 0.2) is 29.2 Å². The quantitative estimate of drug-likeness (QED) is 0.791.